The fourth-order valence-electron chi connectivity index (χ4n) is 2.88. The highest BCUT2D eigenvalue weighted by Gasteiger charge is 2.20. The highest BCUT2D eigenvalue weighted by atomic mass is 79.9. The van der Waals surface area contributed by atoms with Gasteiger partial charge in [0.15, 0.2) is 0 Å². The van der Waals surface area contributed by atoms with Gasteiger partial charge in [0.2, 0.25) is 0 Å². The highest BCUT2D eigenvalue weighted by Crippen LogP contribution is 2.31. The lowest BCUT2D eigenvalue weighted by Gasteiger charge is -2.22. The maximum absolute atomic E-state index is 12.0. The van der Waals surface area contributed by atoms with Crippen LogP contribution in [-0.4, -0.2) is 11.7 Å². The average Bonchev–Trinajstić information content (AvgIpc) is 2.61. The number of hydrogen-bond donors (Lipinski definition) is 0. The van der Waals surface area contributed by atoms with Crippen LogP contribution in [-0.2, 0) is 4.84 Å². The number of carbonyl (C=O) groups excluding carboxylic acids is 1. The first kappa shape index (κ1) is 15.9. The molecule has 2 aromatic carbocycles. The Morgan fingerprint density at radius 2 is 1.65 bits per heavy atom. The number of oxime groups is 1. The first-order valence-electron chi connectivity index (χ1n) is 7.80. The smallest absolute Gasteiger partial charge is 0.313 e. The normalized spacial score (nSPS) is 17.6. The monoisotopic (exact) mass is 371 g/mol. The fraction of sp³-hybridized carbons (Fsp3) is 0.263. The third-order valence-electron chi connectivity index (χ3n) is 4.19. The van der Waals surface area contributed by atoms with Crippen molar-refractivity contribution in [2.24, 2.45) is 5.16 Å². The third-order valence-corrected chi connectivity index (χ3v) is 4.88. The van der Waals surface area contributed by atoms with E-state index in [-0.39, 0.29) is 0 Å². The van der Waals surface area contributed by atoms with Crippen molar-refractivity contribution in [3.8, 4) is 0 Å². The van der Waals surface area contributed by atoms with Crippen molar-refractivity contribution in [2.75, 3.05) is 0 Å². The summed E-state index contributed by atoms with van der Waals surface area (Å²) in [5, 5.41) is 4.08. The minimum atomic E-state index is -0.421. The van der Waals surface area contributed by atoms with Crippen molar-refractivity contribution in [3.05, 3.63) is 70.2 Å². The maximum atomic E-state index is 12.0. The van der Waals surface area contributed by atoms with Crippen LogP contribution in [0.4, 0.5) is 0 Å². The number of benzene rings is 2. The number of hydrogen-bond acceptors (Lipinski definition) is 3. The Balaban J connectivity index is 1.57. The molecule has 3 rings (SSSR count). The molecule has 1 saturated carbocycles. The molecule has 0 bridgehead atoms. The van der Waals surface area contributed by atoms with Crippen molar-refractivity contribution in [1.29, 1.82) is 0 Å². The topological polar surface area (TPSA) is 38.7 Å². The van der Waals surface area contributed by atoms with E-state index in [1.165, 1.54) is 5.56 Å². The van der Waals surface area contributed by atoms with Gasteiger partial charge in [0.25, 0.3) is 0 Å². The van der Waals surface area contributed by atoms with E-state index in [0.717, 1.165) is 35.9 Å². The van der Waals surface area contributed by atoms with Gasteiger partial charge in [0.05, 0.1) is 11.3 Å². The van der Waals surface area contributed by atoms with Gasteiger partial charge in [-0.1, -0.05) is 47.6 Å². The van der Waals surface area contributed by atoms with Gasteiger partial charge in [-0.25, -0.2) is 4.79 Å². The number of halogens is 1. The number of rotatable bonds is 3. The molecule has 0 N–H and O–H groups in total. The quantitative estimate of drug-likeness (QED) is 0.540. The van der Waals surface area contributed by atoms with Crippen molar-refractivity contribution in [1.82, 2.24) is 0 Å². The molecule has 0 aliphatic heterocycles. The summed E-state index contributed by atoms with van der Waals surface area (Å²) in [6.07, 6.45) is 3.86. The van der Waals surface area contributed by atoms with Gasteiger partial charge in [-0.3, -0.25) is 0 Å². The second-order valence-electron chi connectivity index (χ2n) is 5.70. The Morgan fingerprint density at radius 1 is 1.00 bits per heavy atom. The summed E-state index contributed by atoms with van der Waals surface area (Å²) in [5.41, 5.74) is 2.85. The zero-order valence-electron chi connectivity index (χ0n) is 12.7. The van der Waals surface area contributed by atoms with Gasteiger partial charge in [-0.05, 0) is 65.2 Å². The second-order valence-corrected chi connectivity index (χ2v) is 6.56. The molecule has 0 heterocycles. The van der Waals surface area contributed by atoms with Crippen LogP contribution >= 0.6 is 15.9 Å². The van der Waals surface area contributed by atoms with Crippen LogP contribution in [0.25, 0.3) is 0 Å². The number of carbonyl (C=O) groups is 1. The van der Waals surface area contributed by atoms with Crippen LogP contribution in [0.2, 0.25) is 0 Å². The van der Waals surface area contributed by atoms with Crippen molar-refractivity contribution in [3.63, 3.8) is 0 Å². The summed E-state index contributed by atoms with van der Waals surface area (Å²) < 4.78 is 0.720. The lowest BCUT2D eigenvalue weighted by Crippen LogP contribution is -2.14. The van der Waals surface area contributed by atoms with Gasteiger partial charge >= 0.3 is 5.97 Å². The largest absolute Gasteiger partial charge is 0.366 e. The molecule has 2 aromatic rings. The minimum absolute atomic E-state index is 0.421. The van der Waals surface area contributed by atoms with Crippen LogP contribution in [0, 0.1) is 0 Å². The zero-order valence-corrected chi connectivity index (χ0v) is 14.3. The van der Waals surface area contributed by atoms with E-state index in [4.69, 9.17) is 4.84 Å². The van der Waals surface area contributed by atoms with E-state index in [1.807, 2.05) is 18.2 Å². The predicted octanol–water partition coefficient (Wildman–Crippen LogP) is 5.32. The van der Waals surface area contributed by atoms with Crippen LogP contribution < -0.4 is 0 Å². The Kier molecular flexibility index (Phi) is 5.23. The molecule has 0 atom stereocenters. The Hall–Kier alpha value is -1.94. The second kappa shape index (κ2) is 7.55. The molecule has 1 fully saturated rings. The van der Waals surface area contributed by atoms with Crippen LogP contribution in [0.5, 0.6) is 0 Å². The van der Waals surface area contributed by atoms with Gasteiger partial charge in [0, 0.05) is 4.47 Å². The van der Waals surface area contributed by atoms with Crippen LogP contribution in [0.15, 0.2) is 64.2 Å². The Morgan fingerprint density at radius 3 is 2.35 bits per heavy atom. The minimum Gasteiger partial charge on any atom is -0.313 e. The first-order chi connectivity index (χ1) is 11.2. The standard InChI is InChI=1S/C19H18BrNO2/c20-18-9-5-4-8-17(18)19(22)23-21-16-12-10-15(11-13-16)14-6-2-1-3-7-14/h1-9,15H,10-13H2. The van der Waals surface area contributed by atoms with Crippen LogP contribution in [0.3, 0.4) is 0 Å². The molecule has 4 heteroatoms. The summed E-state index contributed by atoms with van der Waals surface area (Å²) in [4.78, 5) is 17.1. The summed E-state index contributed by atoms with van der Waals surface area (Å²) in [6, 6.07) is 17.8. The van der Waals surface area contributed by atoms with Gasteiger partial charge in [-0.2, -0.15) is 0 Å². The molecular weight excluding hydrogens is 354 g/mol. The zero-order chi connectivity index (χ0) is 16.1. The van der Waals surface area contributed by atoms with Crippen molar-refractivity contribution < 1.29 is 9.63 Å². The lowest BCUT2D eigenvalue weighted by molar-refractivity contribution is 0.0512. The summed E-state index contributed by atoms with van der Waals surface area (Å²) in [6.45, 7) is 0. The molecule has 0 unspecified atom stereocenters. The van der Waals surface area contributed by atoms with Crippen LogP contribution in [0.1, 0.15) is 47.5 Å². The molecule has 1 aliphatic carbocycles. The van der Waals surface area contributed by atoms with E-state index >= 15 is 0 Å². The number of nitrogens with zero attached hydrogens (tertiary/aromatic N) is 1. The molecule has 0 saturated heterocycles. The SMILES string of the molecule is O=C(ON=C1CCC(c2ccccc2)CC1)c1ccccc1Br. The molecular formula is C19H18BrNO2. The van der Waals surface area contributed by atoms with E-state index in [1.54, 1.807) is 12.1 Å². The van der Waals surface area contributed by atoms with Crippen molar-refractivity contribution in [2.45, 2.75) is 31.6 Å². The molecule has 0 radical (unpaired) electrons. The summed E-state index contributed by atoms with van der Waals surface area (Å²) >= 11 is 3.35. The van der Waals surface area contributed by atoms with E-state index < -0.39 is 5.97 Å². The molecule has 118 valence electrons. The van der Waals surface area contributed by atoms with Crippen molar-refractivity contribution >= 4 is 27.6 Å². The first-order valence-corrected chi connectivity index (χ1v) is 8.60. The highest BCUT2D eigenvalue weighted by molar-refractivity contribution is 9.10. The molecule has 3 nitrogen and oxygen atoms in total. The maximum Gasteiger partial charge on any atom is 0.366 e. The molecule has 23 heavy (non-hydrogen) atoms. The fourth-order valence-corrected chi connectivity index (χ4v) is 3.33. The van der Waals surface area contributed by atoms with E-state index in [0.29, 0.717) is 11.5 Å². The molecule has 0 aromatic heterocycles. The summed E-state index contributed by atoms with van der Waals surface area (Å²) in [7, 11) is 0. The average molecular weight is 372 g/mol. The molecule has 1 aliphatic rings. The Bertz CT molecular complexity index is 702. The van der Waals surface area contributed by atoms with Gasteiger partial charge < -0.3 is 4.84 Å². The van der Waals surface area contributed by atoms with E-state index in [9.17, 15) is 4.79 Å². The van der Waals surface area contributed by atoms with Gasteiger partial charge in [0.1, 0.15) is 0 Å². The third kappa shape index (κ3) is 4.08. The molecule has 0 spiro atoms. The molecule has 0 amide bonds. The summed E-state index contributed by atoms with van der Waals surface area (Å²) in [5.74, 6) is 0.157. The Labute approximate surface area is 144 Å². The lowest BCUT2D eigenvalue weighted by atomic mass is 9.83. The van der Waals surface area contributed by atoms with Gasteiger partial charge in [-0.15, -0.1) is 0 Å². The predicted molar refractivity (Wildman–Crippen MR) is 94.6 cm³/mol. The van der Waals surface area contributed by atoms with E-state index in [2.05, 4.69) is 45.4 Å².